The van der Waals surface area contributed by atoms with Crippen molar-refractivity contribution in [3.8, 4) is 0 Å². The van der Waals surface area contributed by atoms with Crippen LogP contribution in [0.3, 0.4) is 0 Å². The zero-order chi connectivity index (χ0) is 16.7. The van der Waals surface area contributed by atoms with Crippen LogP contribution in [-0.2, 0) is 11.3 Å². The summed E-state index contributed by atoms with van der Waals surface area (Å²) in [7, 11) is 0. The fraction of sp³-hybridized carbons (Fsp3) is 0.533. The van der Waals surface area contributed by atoms with Crippen LogP contribution in [0.25, 0.3) is 0 Å². The van der Waals surface area contributed by atoms with Crippen LogP contribution >= 0.6 is 11.8 Å². The number of hydrogen-bond acceptors (Lipinski definition) is 4. The fourth-order valence-corrected chi connectivity index (χ4v) is 2.72. The maximum Gasteiger partial charge on any atom is 0.321 e. The van der Waals surface area contributed by atoms with Gasteiger partial charge in [0.2, 0.25) is 5.91 Å². The molecular formula is C15H24N4O2S. The van der Waals surface area contributed by atoms with Crippen LogP contribution in [0.4, 0.5) is 4.79 Å². The van der Waals surface area contributed by atoms with Crippen molar-refractivity contribution in [2.75, 3.05) is 12.3 Å². The molecule has 0 atom stereocenters. The Morgan fingerprint density at radius 2 is 2.09 bits per heavy atom. The predicted molar refractivity (Wildman–Crippen MR) is 89.0 cm³/mol. The molecule has 2 N–H and O–H groups in total. The van der Waals surface area contributed by atoms with Crippen molar-refractivity contribution in [1.29, 1.82) is 0 Å². The number of imidazole rings is 1. The second-order valence-electron chi connectivity index (χ2n) is 5.41. The average Bonchev–Trinajstić information content (AvgIpc) is 2.70. The van der Waals surface area contributed by atoms with E-state index in [0.29, 0.717) is 12.5 Å². The summed E-state index contributed by atoms with van der Waals surface area (Å²) in [4.78, 5) is 27.6. The Morgan fingerprint density at radius 3 is 2.68 bits per heavy atom. The Hall–Kier alpha value is -1.76. The van der Waals surface area contributed by atoms with Crippen molar-refractivity contribution in [3.05, 3.63) is 24.0 Å². The molecule has 22 heavy (non-hydrogen) atoms. The minimum atomic E-state index is -0.511. The van der Waals surface area contributed by atoms with Crippen molar-refractivity contribution < 1.29 is 9.59 Å². The van der Waals surface area contributed by atoms with Gasteiger partial charge in [-0.1, -0.05) is 31.7 Å². The molecule has 3 amide bonds. The van der Waals surface area contributed by atoms with Gasteiger partial charge in [-0.15, -0.1) is 6.58 Å². The SMILES string of the molecule is C=CCNC(=O)NC(=O)CSc1nc(C)c(C)n1CC(C)C. The molecule has 0 aromatic carbocycles. The zero-order valence-electron chi connectivity index (χ0n) is 13.6. The van der Waals surface area contributed by atoms with Gasteiger partial charge in [0.25, 0.3) is 0 Å². The molecule has 122 valence electrons. The zero-order valence-corrected chi connectivity index (χ0v) is 14.4. The van der Waals surface area contributed by atoms with Crippen LogP contribution in [0, 0.1) is 19.8 Å². The number of aryl methyl sites for hydroxylation is 1. The van der Waals surface area contributed by atoms with Crippen LogP contribution < -0.4 is 10.6 Å². The standard InChI is InChI=1S/C15H24N4O2S/c1-6-7-16-14(21)18-13(20)9-22-15-17-11(4)12(5)19(15)8-10(2)3/h6,10H,1,7-9H2,2-5H3,(H2,16,18,20,21). The van der Waals surface area contributed by atoms with Crippen LogP contribution in [0.1, 0.15) is 25.2 Å². The lowest BCUT2D eigenvalue weighted by atomic mass is 10.2. The van der Waals surface area contributed by atoms with E-state index in [4.69, 9.17) is 0 Å². The van der Waals surface area contributed by atoms with E-state index in [1.165, 1.54) is 11.8 Å². The summed E-state index contributed by atoms with van der Waals surface area (Å²) in [5.74, 6) is 0.293. The molecule has 0 aliphatic carbocycles. The Balaban J connectivity index is 2.60. The van der Waals surface area contributed by atoms with E-state index < -0.39 is 6.03 Å². The van der Waals surface area contributed by atoms with Gasteiger partial charge in [0.15, 0.2) is 5.16 Å². The normalized spacial score (nSPS) is 10.6. The van der Waals surface area contributed by atoms with Crippen LogP contribution in [0.15, 0.2) is 17.8 Å². The topological polar surface area (TPSA) is 76.0 Å². The van der Waals surface area contributed by atoms with Gasteiger partial charge in [0.1, 0.15) is 0 Å². The second kappa shape index (κ2) is 8.63. The highest BCUT2D eigenvalue weighted by Crippen LogP contribution is 2.22. The third-order valence-electron chi connectivity index (χ3n) is 2.96. The number of nitrogens with zero attached hydrogens (tertiary/aromatic N) is 2. The molecule has 1 aromatic heterocycles. The number of imide groups is 1. The smallest absolute Gasteiger partial charge is 0.321 e. The minimum absolute atomic E-state index is 0.148. The molecule has 7 heteroatoms. The Bertz CT molecular complexity index is 552. The van der Waals surface area contributed by atoms with E-state index in [1.54, 1.807) is 6.08 Å². The van der Waals surface area contributed by atoms with Crippen molar-refractivity contribution in [3.63, 3.8) is 0 Å². The molecule has 0 bridgehead atoms. The summed E-state index contributed by atoms with van der Waals surface area (Å²) >= 11 is 1.34. The molecule has 0 aliphatic rings. The largest absolute Gasteiger partial charge is 0.334 e. The van der Waals surface area contributed by atoms with E-state index in [9.17, 15) is 9.59 Å². The summed E-state index contributed by atoms with van der Waals surface area (Å²) < 4.78 is 2.12. The summed E-state index contributed by atoms with van der Waals surface area (Å²) in [6, 6.07) is -0.511. The lowest BCUT2D eigenvalue weighted by Crippen LogP contribution is -2.40. The average molecular weight is 324 g/mol. The second-order valence-corrected chi connectivity index (χ2v) is 6.35. The number of carbonyl (C=O) groups is 2. The number of amides is 3. The summed E-state index contributed by atoms with van der Waals surface area (Å²) in [5.41, 5.74) is 2.08. The van der Waals surface area contributed by atoms with E-state index in [2.05, 4.69) is 40.6 Å². The molecule has 0 fully saturated rings. The molecule has 0 radical (unpaired) electrons. The van der Waals surface area contributed by atoms with E-state index in [1.807, 2.05) is 13.8 Å². The van der Waals surface area contributed by atoms with Gasteiger partial charge < -0.3 is 9.88 Å². The number of aromatic nitrogens is 2. The summed E-state index contributed by atoms with van der Waals surface area (Å²) in [5, 5.41) is 5.58. The van der Waals surface area contributed by atoms with Gasteiger partial charge in [-0.25, -0.2) is 9.78 Å². The van der Waals surface area contributed by atoms with Gasteiger partial charge in [-0.2, -0.15) is 0 Å². The monoisotopic (exact) mass is 324 g/mol. The number of carbonyl (C=O) groups excluding carboxylic acids is 2. The maximum absolute atomic E-state index is 11.8. The van der Waals surface area contributed by atoms with E-state index in [-0.39, 0.29) is 11.7 Å². The first-order valence-corrected chi connectivity index (χ1v) is 8.18. The molecule has 1 heterocycles. The number of nitrogens with one attached hydrogen (secondary N) is 2. The summed E-state index contributed by atoms with van der Waals surface area (Å²) in [6.45, 7) is 12.9. The van der Waals surface area contributed by atoms with Crippen LogP contribution in [0.5, 0.6) is 0 Å². The Kier molecular flexibility index (Phi) is 7.17. The minimum Gasteiger partial charge on any atom is -0.334 e. The Morgan fingerprint density at radius 1 is 1.41 bits per heavy atom. The quantitative estimate of drug-likeness (QED) is 0.596. The Labute approximate surface area is 135 Å². The fourth-order valence-electron chi connectivity index (χ4n) is 1.82. The van der Waals surface area contributed by atoms with E-state index >= 15 is 0 Å². The lowest BCUT2D eigenvalue weighted by Gasteiger charge is -2.12. The van der Waals surface area contributed by atoms with Crippen molar-refractivity contribution in [1.82, 2.24) is 20.2 Å². The molecule has 0 unspecified atom stereocenters. The highest BCUT2D eigenvalue weighted by molar-refractivity contribution is 7.99. The first kappa shape index (κ1) is 18.3. The number of rotatable bonds is 7. The van der Waals surface area contributed by atoms with Gasteiger partial charge in [0.05, 0.1) is 11.4 Å². The molecule has 1 rings (SSSR count). The van der Waals surface area contributed by atoms with Gasteiger partial charge >= 0.3 is 6.03 Å². The van der Waals surface area contributed by atoms with E-state index in [0.717, 1.165) is 23.1 Å². The third-order valence-corrected chi connectivity index (χ3v) is 3.94. The van der Waals surface area contributed by atoms with Crippen LogP contribution in [0.2, 0.25) is 0 Å². The number of hydrogen-bond donors (Lipinski definition) is 2. The highest BCUT2D eigenvalue weighted by atomic mass is 32.2. The highest BCUT2D eigenvalue weighted by Gasteiger charge is 2.15. The third kappa shape index (κ3) is 5.55. The lowest BCUT2D eigenvalue weighted by molar-refractivity contribution is -0.117. The number of urea groups is 1. The van der Waals surface area contributed by atoms with Crippen LogP contribution in [-0.4, -0.2) is 33.8 Å². The molecule has 0 spiro atoms. The predicted octanol–water partition coefficient (Wildman–Crippen LogP) is 2.26. The molecule has 1 aromatic rings. The molecule has 0 saturated carbocycles. The maximum atomic E-state index is 11.8. The van der Waals surface area contributed by atoms with Gasteiger partial charge in [-0.3, -0.25) is 10.1 Å². The molecule has 0 saturated heterocycles. The summed E-state index contributed by atoms with van der Waals surface area (Å²) in [6.07, 6.45) is 1.55. The van der Waals surface area contributed by atoms with Crippen molar-refractivity contribution >= 4 is 23.7 Å². The molecule has 0 aliphatic heterocycles. The molecular weight excluding hydrogens is 300 g/mol. The first-order valence-electron chi connectivity index (χ1n) is 7.20. The van der Waals surface area contributed by atoms with Gasteiger partial charge in [0, 0.05) is 18.8 Å². The molecule has 6 nitrogen and oxygen atoms in total. The number of thioether (sulfide) groups is 1. The van der Waals surface area contributed by atoms with Crippen molar-refractivity contribution in [2.24, 2.45) is 5.92 Å². The van der Waals surface area contributed by atoms with Gasteiger partial charge in [-0.05, 0) is 19.8 Å². The first-order chi connectivity index (χ1) is 10.3. The van der Waals surface area contributed by atoms with Crippen molar-refractivity contribution in [2.45, 2.75) is 39.4 Å².